The molecule has 0 saturated heterocycles. The average Bonchev–Trinajstić information content (AvgIpc) is 2.85. The largest absolute Gasteiger partial charge is 0.462 e. The number of hydrogen-bond acceptors (Lipinski definition) is 7. The van der Waals surface area contributed by atoms with E-state index in [1.165, 1.54) is 12.1 Å². The van der Waals surface area contributed by atoms with Crippen molar-refractivity contribution >= 4 is 35.3 Å². The van der Waals surface area contributed by atoms with Crippen molar-refractivity contribution in [2.75, 3.05) is 18.5 Å². The van der Waals surface area contributed by atoms with E-state index in [-0.39, 0.29) is 25.2 Å². The van der Waals surface area contributed by atoms with Crippen LogP contribution in [0.1, 0.15) is 53.8 Å². The van der Waals surface area contributed by atoms with E-state index >= 15 is 0 Å². The molecule has 0 atom stereocenters. The van der Waals surface area contributed by atoms with Crippen molar-refractivity contribution in [1.82, 2.24) is 10.9 Å². The smallest absolute Gasteiger partial charge is 0.338 e. The van der Waals surface area contributed by atoms with E-state index in [0.29, 0.717) is 23.4 Å². The van der Waals surface area contributed by atoms with E-state index < -0.39 is 36.3 Å². The lowest BCUT2D eigenvalue weighted by Crippen LogP contribution is -2.41. The van der Waals surface area contributed by atoms with Crippen molar-refractivity contribution in [3.63, 3.8) is 0 Å². The van der Waals surface area contributed by atoms with Crippen LogP contribution in [0.25, 0.3) is 0 Å². The normalized spacial score (nSPS) is 10.3. The molecule has 2 aromatic carbocycles. The van der Waals surface area contributed by atoms with Crippen molar-refractivity contribution < 1.29 is 33.4 Å². The molecule has 10 nitrogen and oxygen atoms in total. The molecule has 0 unspecified atom stereocenters. The Kier molecular flexibility index (Phi) is 10.9. The number of benzene rings is 2. The summed E-state index contributed by atoms with van der Waals surface area (Å²) in [5.74, 6) is -2.32. The summed E-state index contributed by atoms with van der Waals surface area (Å²) in [6.07, 6.45) is 0.102. The molecular formula is C25H29N3O7. The summed E-state index contributed by atoms with van der Waals surface area (Å²) in [6, 6.07) is 14.5. The number of ether oxygens (including phenoxy) is 2. The van der Waals surface area contributed by atoms with Crippen LogP contribution in [0.3, 0.4) is 0 Å². The van der Waals surface area contributed by atoms with Gasteiger partial charge in [-0.05, 0) is 48.7 Å². The number of amides is 3. The molecule has 0 bridgehead atoms. The number of carbonyl (C=O) groups is 5. The summed E-state index contributed by atoms with van der Waals surface area (Å²) < 4.78 is 10.0. The van der Waals surface area contributed by atoms with Gasteiger partial charge in [0.05, 0.1) is 12.2 Å². The maximum Gasteiger partial charge on any atom is 0.338 e. The van der Waals surface area contributed by atoms with Crippen LogP contribution >= 0.6 is 0 Å². The number of nitrogens with one attached hydrogen (secondary N) is 3. The van der Waals surface area contributed by atoms with Gasteiger partial charge in [-0.15, -0.1) is 0 Å². The Hall–Kier alpha value is -4.21. The van der Waals surface area contributed by atoms with Gasteiger partial charge in [-0.3, -0.25) is 30.0 Å². The fourth-order valence-electron chi connectivity index (χ4n) is 2.67. The molecule has 35 heavy (non-hydrogen) atoms. The number of rotatable bonds is 11. The van der Waals surface area contributed by atoms with Gasteiger partial charge in [0.2, 0.25) is 5.91 Å². The van der Waals surface area contributed by atoms with Crippen molar-refractivity contribution in [1.29, 1.82) is 0 Å². The van der Waals surface area contributed by atoms with Crippen LogP contribution in [0.15, 0.2) is 54.6 Å². The van der Waals surface area contributed by atoms with Gasteiger partial charge in [0, 0.05) is 24.1 Å². The first-order chi connectivity index (χ1) is 16.7. The second-order valence-corrected chi connectivity index (χ2v) is 8.00. The minimum atomic E-state index is -0.635. The molecule has 0 saturated carbocycles. The lowest BCUT2D eigenvalue weighted by Gasteiger charge is -2.09. The third-order valence-electron chi connectivity index (χ3n) is 4.45. The fraction of sp³-hybridized carbons (Fsp3) is 0.320. The predicted octanol–water partition coefficient (Wildman–Crippen LogP) is 2.61. The van der Waals surface area contributed by atoms with E-state index in [0.717, 1.165) is 0 Å². The molecule has 2 rings (SSSR count). The van der Waals surface area contributed by atoms with Gasteiger partial charge in [0.1, 0.15) is 0 Å². The summed E-state index contributed by atoms with van der Waals surface area (Å²) in [7, 11) is 0. The monoisotopic (exact) mass is 483 g/mol. The van der Waals surface area contributed by atoms with Crippen LogP contribution in [0, 0.1) is 5.92 Å². The summed E-state index contributed by atoms with van der Waals surface area (Å²) in [5, 5.41) is 2.56. The van der Waals surface area contributed by atoms with Crippen molar-refractivity contribution in [2.24, 2.45) is 5.92 Å². The molecular weight excluding hydrogens is 454 g/mol. The van der Waals surface area contributed by atoms with E-state index in [1.807, 2.05) is 13.8 Å². The molecule has 10 heteroatoms. The van der Waals surface area contributed by atoms with Gasteiger partial charge in [0.25, 0.3) is 11.8 Å². The number of hydrogen-bond donors (Lipinski definition) is 3. The molecule has 0 spiro atoms. The highest BCUT2D eigenvalue weighted by Crippen LogP contribution is 2.11. The minimum absolute atomic E-state index is 0.0116. The molecule has 3 N–H and O–H groups in total. The highest BCUT2D eigenvalue weighted by Gasteiger charge is 2.12. The molecule has 0 aliphatic carbocycles. The first kappa shape index (κ1) is 27.0. The van der Waals surface area contributed by atoms with Gasteiger partial charge < -0.3 is 14.8 Å². The van der Waals surface area contributed by atoms with E-state index in [4.69, 9.17) is 9.47 Å². The second kappa shape index (κ2) is 14.1. The number of esters is 2. The molecule has 0 aliphatic heterocycles. The highest BCUT2D eigenvalue weighted by molar-refractivity contribution is 5.95. The van der Waals surface area contributed by atoms with Gasteiger partial charge >= 0.3 is 11.9 Å². The standard InChI is InChI=1S/C25H29N3O7/c1-17(2)15-35-25(33)19-11-13-20(14-12-19)26-22(30)16-34-23(31)10-6-9-21(29)27-28-24(32)18-7-4-3-5-8-18/h3-5,7-8,11-14,17H,6,9-10,15-16H2,1-2H3,(H,26,30)(H,27,29)(H,28,32). The number of anilines is 1. The third-order valence-corrected chi connectivity index (χ3v) is 4.45. The Labute approximate surface area is 203 Å². The minimum Gasteiger partial charge on any atom is -0.462 e. The van der Waals surface area contributed by atoms with Crippen LogP contribution in [-0.2, 0) is 23.9 Å². The summed E-state index contributed by atoms with van der Waals surface area (Å²) in [6.45, 7) is 3.70. The third kappa shape index (κ3) is 10.5. The second-order valence-electron chi connectivity index (χ2n) is 8.00. The van der Waals surface area contributed by atoms with Crippen molar-refractivity contribution in [3.05, 3.63) is 65.7 Å². The Bertz CT molecular complexity index is 1020. The molecule has 0 radical (unpaired) electrons. The summed E-state index contributed by atoms with van der Waals surface area (Å²) >= 11 is 0. The Morgan fingerprint density at radius 3 is 2.11 bits per heavy atom. The molecule has 0 aromatic heterocycles. The molecule has 0 fully saturated rings. The zero-order valence-corrected chi connectivity index (χ0v) is 19.7. The topological polar surface area (TPSA) is 140 Å². The van der Waals surface area contributed by atoms with E-state index in [2.05, 4.69) is 16.2 Å². The average molecular weight is 484 g/mol. The SMILES string of the molecule is CC(C)COC(=O)c1ccc(NC(=O)COC(=O)CCCC(=O)NNC(=O)c2ccccc2)cc1. The molecule has 2 aromatic rings. The van der Waals surface area contributed by atoms with E-state index in [9.17, 15) is 24.0 Å². The van der Waals surface area contributed by atoms with Crippen LogP contribution in [0.2, 0.25) is 0 Å². The van der Waals surface area contributed by atoms with E-state index in [1.54, 1.807) is 42.5 Å². The van der Waals surface area contributed by atoms with Gasteiger partial charge in [0.15, 0.2) is 6.61 Å². The van der Waals surface area contributed by atoms with Gasteiger partial charge in [-0.2, -0.15) is 0 Å². The fourth-order valence-corrected chi connectivity index (χ4v) is 2.67. The van der Waals surface area contributed by atoms with Gasteiger partial charge in [-0.25, -0.2) is 4.79 Å². The van der Waals surface area contributed by atoms with Crippen molar-refractivity contribution in [3.8, 4) is 0 Å². The van der Waals surface area contributed by atoms with Gasteiger partial charge in [-0.1, -0.05) is 32.0 Å². The molecule has 3 amide bonds. The molecule has 0 heterocycles. The van der Waals surface area contributed by atoms with Crippen molar-refractivity contribution in [2.45, 2.75) is 33.1 Å². The maximum atomic E-state index is 12.0. The van der Waals surface area contributed by atoms with Crippen LogP contribution in [0.5, 0.6) is 0 Å². The summed E-state index contributed by atoms with van der Waals surface area (Å²) in [5.41, 5.74) is 5.75. The van der Waals surface area contributed by atoms with Crippen LogP contribution in [0.4, 0.5) is 5.69 Å². The molecule has 0 aliphatic rings. The quantitative estimate of drug-likeness (QED) is 0.330. The van der Waals surface area contributed by atoms with Crippen LogP contribution < -0.4 is 16.2 Å². The predicted molar refractivity (Wildman–Crippen MR) is 127 cm³/mol. The number of carbonyl (C=O) groups excluding carboxylic acids is 5. The highest BCUT2D eigenvalue weighted by atomic mass is 16.5. The maximum absolute atomic E-state index is 12.0. The molecule has 186 valence electrons. The Morgan fingerprint density at radius 1 is 0.771 bits per heavy atom. The lowest BCUT2D eigenvalue weighted by atomic mass is 10.2. The van der Waals surface area contributed by atoms with Crippen LogP contribution in [-0.4, -0.2) is 42.9 Å². The zero-order valence-electron chi connectivity index (χ0n) is 19.7. The summed E-state index contributed by atoms with van der Waals surface area (Å²) in [4.78, 5) is 59.3. The zero-order chi connectivity index (χ0) is 25.6. The number of hydrazine groups is 1. The Balaban J connectivity index is 1.61. The first-order valence-corrected chi connectivity index (χ1v) is 11.1. The Morgan fingerprint density at radius 2 is 1.46 bits per heavy atom. The first-order valence-electron chi connectivity index (χ1n) is 11.1. The lowest BCUT2D eigenvalue weighted by molar-refractivity contribution is -0.147.